The number of nitrogens with one attached hydrogen (secondary N) is 3. The van der Waals surface area contributed by atoms with Crippen LogP contribution in [0.25, 0.3) is 5.57 Å². The lowest BCUT2D eigenvalue weighted by molar-refractivity contribution is -0.0881. The van der Waals surface area contributed by atoms with Crippen molar-refractivity contribution in [2.75, 3.05) is 18.5 Å². The molecule has 0 bridgehead atoms. The van der Waals surface area contributed by atoms with Gasteiger partial charge in [-0.05, 0) is 65.2 Å². The third-order valence-electron chi connectivity index (χ3n) is 6.53. The van der Waals surface area contributed by atoms with E-state index in [2.05, 4.69) is 39.1 Å². The maximum Gasteiger partial charge on any atom is 0.416 e. The molecule has 0 aromatic carbocycles. The molecule has 1 aliphatic rings. The number of rotatable bonds is 13. The minimum atomic E-state index is -4.55. The number of amides is 2. The summed E-state index contributed by atoms with van der Waals surface area (Å²) in [6.45, 7) is 15.0. The van der Waals surface area contributed by atoms with Crippen LogP contribution in [0.15, 0.2) is 73.0 Å². The molecule has 1 heterocycles. The largest absolute Gasteiger partial charge is 0.416 e. The van der Waals surface area contributed by atoms with Crippen LogP contribution in [0.5, 0.6) is 0 Å². The number of halogens is 3. The highest BCUT2D eigenvalue weighted by Gasteiger charge is 2.60. The molecule has 0 aliphatic heterocycles. The normalized spacial score (nSPS) is 16.9. The minimum absolute atomic E-state index is 0.168. The molecule has 4 N–H and O–H groups in total. The number of sulfone groups is 1. The molecule has 1 fully saturated rings. The first-order chi connectivity index (χ1) is 19.9. The molecule has 0 radical (unpaired) electrons. The van der Waals surface area contributed by atoms with Crippen molar-refractivity contribution >= 4 is 27.3 Å². The zero-order chi connectivity index (χ0) is 32.6. The summed E-state index contributed by atoms with van der Waals surface area (Å²) in [5.41, 5.74) is 0.281. The van der Waals surface area contributed by atoms with E-state index in [0.717, 1.165) is 24.3 Å². The highest BCUT2D eigenvalue weighted by Crippen LogP contribution is 2.55. The number of nitrogens with zero attached hydrogens (tertiary/aromatic N) is 2. The van der Waals surface area contributed by atoms with Crippen molar-refractivity contribution in [3.8, 4) is 0 Å². The summed E-state index contributed by atoms with van der Waals surface area (Å²) >= 11 is 0. The molecular formula is C30H40F3N5O4S. The van der Waals surface area contributed by atoms with Gasteiger partial charge < -0.3 is 21.1 Å². The van der Waals surface area contributed by atoms with Crippen LogP contribution >= 0.6 is 0 Å². The molecule has 2 rings (SSSR count). The van der Waals surface area contributed by atoms with E-state index in [9.17, 15) is 31.5 Å². The number of carbonyl (C=O) groups is 1. The molecule has 0 spiro atoms. The summed E-state index contributed by atoms with van der Waals surface area (Å²) in [6, 6.07) is 0.584. The smallest absolute Gasteiger partial charge is 0.394 e. The summed E-state index contributed by atoms with van der Waals surface area (Å²) in [4.78, 5) is 21.4. The number of alkyl halides is 3. The van der Waals surface area contributed by atoms with E-state index in [4.69, 9.17) is 0 Å². The molecule has 1 saturated carbocycles. The van der Waals surface area contributed by atoms with Crippen LogP contribution < -0.4 is 16.0 Å². The molecule has 1 aliphatic carbocycles. The lowest BCUT2D eigenvalue weighted by Gasteiger charge is -2.27. The number of anilines is 1. The lowest BCUT2D eigenvalue weighted by atomic mass is 10.2. The summed E-state index contributed by atoms with van der Waals surface area (Å²) in [6.07, 6.45) is 4.67. The molecule has 9 nitrogen and oxygen atoms in total. The second-order valence-corrected chi connectivity index (χ2v) is 14.1. The molecule has 43 heavy (non-hydrogen) atoms. The van der Waals surface area contributed by atoms with Crippen molar-refractivity contribution in [1.82, 2.24) is 20.6 Å². The van der Waals surface area contributed by atoms with E-state index in [1.807, 2.05) is 0 Å². The maximum atomic E-state index is 13.5. The van der Waals surface area contributed by atoms with Crippen molar-refractivity contribution in [2.24, 2.45) is 0 Å². The number of hydrogen-bond acceptors (Lipinski definition) is 7. The number of aromatic nitrogens is 2. The summed E-state index contributed by atoms with van der Waals surface area (Å²) in [5, 5.41) is 17.6. The van der Waals surface area contributed by atoms with Gasteiger partial charge in [-0.3, -0.25) is 0 Å². The molecular weight excluding hydrogens is 583 g/mol. The summed E-state index contributed by atoms with van der Waals surface area (Å²) < 4.78 is 63.6. The van der Waals surface area contributed by atoms with Crippen LogP contribution in [-0.4, -0.2) is 59.6 Å². The van der Waals surface area contributed by atoms with Gasteiger partial charge in [0.25, 0.3) is 0 Å². The van der Waals surface area contributed by atoms with Crippen molar-refractivity contribution in [2.45, 2.75) is 69.2 Å². The first kappa shape index (κ1) is 35.5. The second-order valence-electron chi connectivity index (χ2n) is 11.1. The van der Waals surface area contributed by atoms with Crippen LogP contribution in [0.4, 0.5) is 23.8 Å². The van der Waals surface area contributed by atoms with Gasteiger partial charge in [0.1, 0.15) is 10.6 Å². The second kappa shape index (κ2) is 14.2. The highest BCUT2D eigenvalue weighted by atomic mass is 32.2. The van der Waals surface area contributed by atoms with Gasteiger partial charge in [-0.25, -0.2) is 23.2 Å². The quantitative estimate of drug-likeness (QED) is 0.214. The van der Waals surface area contributed by atoms with E-state index in [1.54, 1.807) is 46.8 Å². The van der Waals surface area contributed by atoms with Crippen molar-refractivity contribution < 1.29 is 31.5 Å². The Kier molecular flexibility index (Phi) is 11.7. The zero-order valence-electron chi connectivity index (χ0n) is 25.0. The number of aliphatic hydroxyl groups is 1. The Balaban J connectivity index is 2.30. The SMILES string of the molecule is C=C/C=C(\C=C/CNC(=O)N/C(C=C)=C/C=C(\C)c1nc(N[C@@H](C)CO)cc(C2(S(=O)(=O)C(C)(C)C)CC2)n1)C(F)(F)F. The van der Waals surface area contributed by atoms with Crippen LogP contribution in [-0.2, 0) is 14.6 Å². The predicted octanol–water partition coefficient (Wildman–Crippen LogP) is 5.48. The van der Waals surface area contributed by atoms with Gasteiger partial charge in [-0.1, -0.05) is 43.5 Å². The molecule has 0 unspecified atom stereocenters. The monoisotopic (exact) mass is 623 g/mol. The lowest BCUT2D eigenvalue weighted by Crippen LogP contribution is -2.38. The minimum Gasteiger partial charge on any atom is -0.394 e. The highest BCUT2D eigenvalue weighted by molar-refractivity contribution is 7.94. The Morgan fingerprint density at radius 1 is 1.16 bits per heavy atom. The van der Waals surface area contributed by atoms with Crippen LogP contribution in [0.2, 0.25) is 0 Å². The van der Waals surface area contributed by atoms with Gasteiger partial charge in [-0.15, -0.1) is 0 Å². The molecule has 236 valence electrons. The molecule has 13 heteroatoms. The summed E-state index contributed by atoms with van der Waals surface area (Å²) in [5.74, 6) is 0.614. The van der Waals surface area contributed by atoms with Gasteiger partial charge in [-0.2, -0.15) is 13.2 Å². The van der Waals surface area contributed by atoms with E-state index in [0.29, 0.717) is 29.9 Å². The fraction of sp³-hybridized carbons (Fsp3) is 0.433. The fourth-order valence-corrected chi connectivity index (χ4v) is 6.12. The van der Waals surface area contributed by atoms with Gasteiger partial charge >= 0.3 is 12.2 Å². The van der Waals surface area contributed by atoms with Crippen molar-refractivity contribution in [1.29, 1.82) is 0 Å². The van der Waals surface area contributed by atoms with Crippen LogP contribution in [0, 0.1) is 0 Å². The van der Waals surface area contributed by atoms with Gasteiger partial charge in [0.05, 0.1) is 22.6 Å². The Bertz CT molecular complexity index is 1430. The van der Waals surface area contributed by atoms with Gasteiger partial charge in [0.15, 0.2) is 15.7 Å². The Hall–Kier alpha value is -3.71. The van der Waals surface area contributed by atoms with Crippen LogP contribution in [0.3, 0.4) is 0 Å². The Morgan fingerprint density at radius 3 is 2.33 bits per heavy atom. The van der Waals surface area contributed by atoms with Crippen molar-refractivity contribution in [3.63, 3.8) is 0 Å². The number of allylic oxidation sites excluding steroid dienone is 8. The molecule has 2 amide bonds. The topological polar surface area (TPSA) is 133 Å². The number of aliphatic hydroxyl groups excluding tert-OH is 1. The zero-order valence-corrected chi connectivity index (χ0v) is 25.9. The third kappa shape index (κ3) is 9.14. The Morgan fingerprint density at radius 2 is 1.81 bits per heavy atom. The molecule has 1 aromatic rings. The van der Waals surface area contributed by atoms with Gasteiger partial charge in [0, 0.05) is 24.4 Å². The number of urea groups is 1. The number of carbonyl (C=O) groups excluding carboxylic acids is 1. The molecule has 1 aromatic heterocycles. The third-order valence-corrected chi connectivity index (χ3v) is 9.79. The average Bonchev–Trinajstić information content (AvgIpc) is 3.74. The Labute approximate surface area is 251 Å². The number of hydrogen-bond donors (Lipinski definition) is 4. The standard InChI is InChI=1S/C30H40F3N5O4S/c1-8-11-22(30(31,32)33)12-10-17-34-27(40)36-23(9-2)14-13-20(3)26-37-24(18-25(38-26)35-21(4)19-39)29(15-16-29)43(41,42)28(5,6)7/h8-14,18,21,39H,1-2,15-17,19H2,3-7H3,(H2,34,36,40)(H,35,37,38)/b12-10-,20-13+,22-11+,23-14+/t21-/m0/s1. The first-order valence-corrected chi connectivity index (χ1v) is 15.0. The average molecular weight is 624 g/mol. The van der Waals surface area contributed by atoms with Crippen LogP contribution in [0.1, 0.15) is 59.0 Å². The fourth-order valence-electron chi connectivity index (χ4n) is 3.93. The molecule has 0 saturated heterocycles. The predicted molar refractivity (Wildman–Crippen MR) is 164 cm³/mol. The van der Waals surface area contributed by atoms with E-state index in [-0.39, 0.29) is 30.7 Å². The van der Waals surface area contributed by atoms with Gasteiger partial charge in [0.2, 0.25) is 0 Å². The van der Waals surface area contributed by atoms with E-state index in [1.165, 1.54) is 12.2 Å². The molecule has 1 atom stereocenters. The van der Waals surface area contributed by atoms with E-state index >= 15 is 0 Å². The maximum absolute atomic E-state index is 13.5. The first-order valence-electron chi connectivity index (χ1n) is 13.6. The summed E-state index contributed by atoms with van der Waals surface area (Å²) in [7, 11) is -3.61. The van der Waals surface area contributed by atoms with Crippen molar-refractivity contribution in [3.05, 3.63) is 84.5 Å². The van der Waals surface area contributed by atoms with E-state index < -0.39 is 37.1 Å².